The predicted octanol–water partition coefficient (Wildman–Crippen LogP) is 3.56. The van der Waals surface area contributed by atoms with Gasteiger partial charge in [-0.25, -0.2) is 9.18 Å². The van der Waals surface area contributed by atoms with E-state index in [0.717, 1.165) is 12.8 Å². The maximum absolute atomic E-state index is 15.0. The quantitative estimate of drug-likeness (QED) is 0.198. The van der Waals surface area contributed by atoms with Crippen LogP contribution in [0.4, 0.5) is 4.39 Å². The number of benzene rings is 1. The van der Waals surface area contributed by atoms with Gasteiger partial charge in [0.25, 0.3) is 0 Å². The number of fused-ring (bicyclic) bond motifs is 3. The molecule has 11 heteroatoms. The number of esters is 1. The maximum atomic E-state index is 15.0. The van der Waals surface area contributed by atoms with Gasteiger partial charge in [0.2, 0.25) is 0 Å². The third kappa shape index (κ3) is 6.04. The van der Waals surface area contributed by atoms with Crippen LogP contribution < -0.4 is 10.2 Å². The average molecular weight is 575 g/mol. The summed E-state index contributed by atoms with van der Waals surface area (Å²) in [6.07, 6.45) is 3.86. The molecule has 0 spiro atoms. The fourth-order valence-corrected chi connectivity index (χ4v) is 7.38. The van der Waals surface area contributed by atoms with Crippen molar-refractivity contribution in [2.75, 3.05) is 13.7 Å². The van der Waals surface area contributed by atoms with Gasteiger partial charge in [0, 0.05) is 22.7 Å². The van der Waals surface area contributed by atoms with Gasteiger partial charge in [-0.15, -0.1) is 0 Å². The topological polar surface area (TPSA) is 124 Å². The number of carbonyl (C=O) groups is 2. The number of ether oxygens (including phenoxy) is 2. The first-order chi connectivity index (χ1) is 19.3. The van der Waals surface area contributed by atoms with Crippen LogP contribution in [0, 0.1) is 33.9 Å². The fraction of sp³-hybridized carbons (Fsp3) is 0.700. The van der Waals surface area contributed by atoms with Crippen LogP contribution in [0.5, 0.6) is 5.75 Å². The minimum Gasteiger partial charge on any atom is -0.479 e. The lowest BCUT2D eigenvalue weighted by Crippen LogP contribution is -2.59. The van der Waals surface area contributed by atoms with E-state index in [2.05, 4.69) is 19.0 Å². The predicted molar refractivity (Wildman–Crippen MR) is 151 cm³/mol. The highest BCUT2D eigenvalue weighted by Crippen LogP contribution is 2.61. The SMILES string of the molecule is CON=C[C@]1(C)C[C@@H](OC(=O)COc2ccc3c(c2F)B(O)OC3)[C@@]2(C)C[C@](CCC(C)=O)(CC[C@H]2C)[C@@H](C)[C@@H]1O. The molecule has 0 radical (unpaired) electrons. The second-order valence-electron chi connectivity index (χ2n) is 12.9. The van der Waals surface area contributed by atoms with Crippen molar-refractivity contribution in [1.29, 1.82) is 0 Å². The minimum absolute atomic E-state index is 0.0117. The molecule has 0 unspecified atom stereocenters. The zero-order chi connectivity index (χ0) is 30.2. The molecule has 41 heavy (non-hydrogen) atoms. The van der Waals surface area contributed by atoms with E-state index in [1.54, 1.807) is 19.2 Å². The lowest BCUT2D eigenvalue weighted by atomic mass is 9.47. The Kier molecular flexibility index (Phi) is 9.21. The van der Waals surface area contributed by atoms with E-state index >= 15 is 0 Å². The van der Waals surface area contributed by atoms with E-state index in [0.29, 0.717) is 24.8 Å². The number of halogens is 1. The molecule has 1 aromatic rings. The van der Waals surface area contributed by atoms with Crippen molar-refractivity contribution in [2.45, 2.75) is 92.0 Å². The van der Waals surface area contributed by atoms with Crippen molar-refractivity contribution in [3.8, 4) is 5.75 Å². The zero-order valence-electron chi connectivity index (χ0n) is 24.9. The van der Waals surface area contributed by atoms with Gasteiger partial charge < -0.3 is 33.9 Å². The highest BCUT2D eigenvalue weighted by atomic mass is 19.1. The molecular formula is C30H43BFNO8. The molecule has 0 amide bonds. The normalized spacial score (nSPS) is 35.0. The van der Waals surface area contributed by atoms with Crippen LogP contribution in [0.25, 0.3) is 0 Å². The Morgan fingerprint density at radius 2 is 2.02 bits per heavy atom. The van der Waals surface area contributed by atoms with E-state index in [1.165, 1.54) is 13.2 Å². The summed E-state index contributed by atoms with van der Waals surface area (Å²) in [6, 6.07) is 3.00. The van der Waals surface area contributed by atoms with Crippen molar-refractivity contribution >= 4 is 30.5 Å². The van der Waals surface area contributed by atoms with E-state index in [4.69, 9.17) is 19.0 Å². The molecule has 2 fully saturated rings. The number of oxime groups is 1. The number of ketones is 1. The highest BCUT2D eigenvalue weighted by molar-refractivity contribution is 6.61. The molecule has 7 atom stereocenters. The first-order valence-electron chi connectivity index (χ1n) is 14.4. The molecule has 2 saturated carbocycles. The number of nitrogens with zero attached hydrogens (tertiary/aromatic N) is 1. The molecule has 1 heterocycles. The third-order valence-corrected chi connectivity index (χ3v) is 10.3. The molecule has 0 aromatic heterocycles. The number of hydrogen-bond donors (Lipinski definition) is 2. The maximum Gasteiger partial charge on any atom is 0.494 e. The molecule has 2 bridgehead atoms. The standard InChI is InChI=1S/C30H43BFNO8/c1-18-9-11-30(12-10-19(2)34)16-29(18,5)23(13-28(4,17-33-38-6)27(36)20(30)3)41-24(35)15-39-22-8-7-21-14-40-31(37)25(21)26(22)32/h7-8,17-18,20,23,27,36-37H,9-16H2,1-6H3/t18-,20+,23-,27+,28+,29+,30-/m1/s1. The largest absolute Gasteiger partial charge is 0.494 e. The van der Waals surface area contributed by atoms with Crippen LogP contribution in [0.3, 0.4) is 0 Å². The number of aliphatic hydroxyl groups excluding tert-OH is 1. The summed E-state index contributed by atoms with van der Waals surface area (Å²) in [6.45, 7) is 9.36. The van der Waals surface area contributed by atoms with Crippen molar-refractivity contribution in [3.05, 3.63) is 23.5 Å². The fourth-order valence-electron chi connectivity index (χ4n) is 7.38. The highest BCUT2D eigenvalue weighted by Gasteiger charge is 2.59. The average Bonchev–Trinajstić information content (AvgIpc) is 3.31. The van der Waals surface area contributed by atoms with Crippen LogP contribution in [0.15, 0.2) is 17.3 Å². The van der Waals surface area contributed by atoms with Crippen molar-refractivity contribution in [1.82, 2.24) is 0 Å². The Morgan fingerprint density at radius 1 is 1.29 bits per heavy atom. The zero-order valence-corrected chi connectivity index (χ0v) is 24.9. The van der Waals surface area contributed by atoms with Gasteiger partial charge in [0.15, 0.2) is 18.2 Å². The van der Waals surface area contributed by atoms with Crippen molar-refractivity contribution < 1.29 is 43.1 Å². The third-order valence-electron chi connectivity index (χ3n) is 10.3. The van der Waals surface area contributed by atoms with Gasteiger partial charge in [-0.05, 0) is 67.9 Å². The minimum atomic E-state index is -1.38. The van der Waals surface area contributed by atoms with E-state index < -0.39 is 48.5 Å². The Bertz CT molecular complexity index is 1180. The van der Waals surface area contributed by atoms with Gasteiger partial charge in [-0.3, -0.25) is 0 Å². The van der Waals surface area contributed by atoms with Gasteiger partial charge in [0.1, 0.15) is 19.0 Å². The molecule has 4 rings (SSSR count). The Balaban J connectivity index is 1.63. The second-order valence-corrected chi connectivity index (χ2v) is 12.9. The lowest BCUT2D eigenvalue weighted by Gasteiger charge is -2.59. The Morgan fingerprint density at radius 3 is 2.71 bits per heavy atom. The first kappa shape index (κ1) is 31.4. The van der Waals surface area contributed by atoms with Crippen LogP contribution in [-0.2, 0) is 30.4 Å². The molecule has 2 N–H and O–H groups in total. The van der Waals surface area contributed by atoms with Crippen molar-refractivity contribution in [3.63, 3.8) is 0 Å². The molecule has 9 nitrogen and oxygen atoms in total. The number of hydrogen-bond acceptors (Lipinski definition) is 9. The molecule has 1 aliphatic heterocycles. The van der Waals surface area contributed by atoms with Crippen LogP contribution in [-0.4, -0.2) is 61.1 Å². The van der Waals surface area contributed by atoms with Crippen LogP contribution in [0.1, 0.15) is 78.7 Å². The van der Waals surface area contributed by atoms with E-state index in [1.807, 2.05) is 13.8 Å². The first-order valence-corrected chi connectivity index (χ1v) is 14.4. The molecule has 0 saturated heterocycles. The summed E-state index contributed by atoms with van der Waals surface area (Å²) in [5, 5.41) is 25.7. The van der Waals surface area contributed by atoms with E-state index in [-0.39, 0.29) is 47.3 Å². The number of aliphatic hydroxyl groups is 1. The van der Waals surface area contributed by atoms with Crippen LogP contribution >= 0.6 is 0 Å². The summed E-state index contributed by atoms with van der Waals surface area (Å²) in [7, 11) is 0.0510. The molecule has 1 aromatic carbocycles. The molecule has 3 aliphatic rings. The summed E-state index contributed by atoms with van der Waals surface area (Å²) in [5.41, 5.74) is -1.17. The second kappa shape index (κ2) is 12.0. The monoisotopic (exact) mass is 575 g/mol. The van der Waals surface area contributed by atoms with Gasteiger partial charge in [-0.2, -0.15) is 0 Å². The Hall–Kier alpha value is -2.50. The summed E-state index contributed by atoms with van der Waals surface area (Å²) in [5.74, 6) is -1.48. The van der Waals surface area contributed by atoms with Gasteiger partial charge in [-0.1, -0.05) is 38.9 Å². The van der Waals surface area contributed by atoms with Crippen molar-refractivity contribution in [2.24, 2.45) is 33.2 Å². The lowest BCUT2D eigenvalue weighted by molar-refractivity contribution is -0.188. The summed E-state index contributed by atoms with van der Waals surface area (Å²) < 4.78 is 31.7. The smallest absolute Gasteiger partial charge is 0.479 e. The molecular weight excluding hydrogens is 532 g/mol. The van der Waals surface area contributed by atoms with Gasteiger partial charge >= 0.3 is 13.1 Å². The van der Waals surface area contributed by atoms with Crippen LogP contribution in [0.2, 0.25) is 0 Å². The number of Topliss-reactive ketones (excluding diaryl/α,β-unsaturated/α-hetero) is 1. The Labute approximate surface area is 241 Å². The molecule has 2 aliphatic carbocycles. The summed E-state index contributed by atoms with van der Waals surface area (Å²) in [4.78, 5) is 30.3. The number of rotatable bonds is 9. The molecule has 226 valence electrons. The van der Waals surface area contributed by atoms with Gasteiger partial charge in [0.05, 0.1) is 18.9 Å². The number of carbonyl (C=O) groups excluding carboxylic acids is 2. The summed E-state index contributed by atoms with van der Waals surface area (Å²) >= 11 is 0. The van der Waals surface area contributed by atoms with E-state index in [9.17, 15) is 24.1 Å².